The van der Waals surface area contributed by atoms with Crippen molar-refractivity contribution >= 4 is 0 Å². The first kappa shape index (κ1) is 105. The van der Waals surface area contributed by atoms with E-state index in [-0.39, 0.29) is 0 Å². The van der Waals surface area contributed by atoms with Crippen molar-refractivity contribution in [2.75, 3.05) is 183 Å². The average molecular weight is 1680 g/mol. The van der Waals surface area contributed by atoms with Gasteiger partial charge in [-0.2, -0.15) is 0 Å². The van der Waals surface area contributed by atoms with Gasteiger partial charge in [-0.25, -0.2) is 0 Å². The molecule has 14 rings (SSSR count). The van der Waals surface area contributed by atoms with Crippen LogP contribution in [0.5, 0.6) is 0 Å². The molecule has 14 fully saturated rings. The van der Waals surface area contributed by atoms with Crippen LogP contribution in [-0.4, -0.2) is 330 Å². The summed E-state index contributed by atoms with van der Waals surface area (Å²) in [7, 11) is 0. The predicted molar refractivity (Wildman–Crippen MR) is 525 cm³/mol. The van der Waals surface area contributed by atoms with E-state index < -0.39 is 0 Å². The lowest BCUT2D eigenvalue weighted by Gasteiger charge is -2.66. The molecule has 14 saturated heterocycles. The third kappa shape index (κ3) is 28.5. The third-order valence-electron chi connectivity index (χ3n) is 33.7. The van der Waals surface area contributed by atoms with Crippen LogP contribution in [-0.2, 0) is 0 Å². The molecule has 14 heteroatoms. The monoisotopic (exact) mass is 1680 g/mol. The quantitative estimate of drug-likeness (QED) is 0.250. The average Bonchev–Trinajstić information content (AvgIpc) is 0.836. The largest absolute Gasteiger partial charge is 0.301 e. The molecule has 0 radical (unpaired) electrons. The van der Waals surface area contributed by atoms with Crippen LogP contribution in [0.4, 0.5) is 0 Å². The van der Waals surface area contributed by atoms with Crippen LogP contribution in [0, 0.1) is 44.3 Å². The normalized spacial score (nSPS) is 27.9. The molecule has 0 unspecified atom stereocenters. The Balaban J connectivity index is 0.000000174. The zero-order chi connectivity index (χ0) is 90.7. The molecule has 14 aliphatic heterocycles. The topological polar surface area (TPSA) is 45.4 Å². The summed E-state index contributed by atoms with van der Waals surface area (Å²) in [6.07, 6.45) is 21.2. The molecule has 14 aliphatic rings. The van der Waals surface area contributed by atoms with Crippen LogP contribution in [0.1, 0.15) is 380 Å². The van der Waals surface area contributed by atoms with Gasteiger partial charge in [-0.15, -0.1) is 0 Å². The number of rotatable bonds is 1. The molecule has 14 heterocycles. The summed E-state index contributed by atoms with van der Waals surface area (Å²) in [6, 6.07) is 0.733. The second-order valence-electron chi connectivity index (χ2n) is 56.8. The van der Waals surface area contributed by atoms with Gasteiger partial charge >= 0.3 is 0 Å². The molecule has 706 valence electrons. The van der Waals surface area contributed by atoms with E-state index in [1.807, 2.05) is 0 Å². The fourth-order valence-electron chi connectivity index (χ4n) is 23.3. The maximum absolute atomic E-state index is 2.73. The molecule has 6 spiro atoms. The van der Waals surface area contributed by atoms with E-state index in [1.54, 1.807) is 0 Å². The zero-order valence-corrected chi connectivity index (χ0v) is 88.9. The molecule has 120 heavy (non-hydrogen) atoms. The van der Waals surface area contributed by atoms with Crippen molar-refractivity contribution in [3.05, 3.63) is 0 Å². The Labute approximate surface area is 750 Å². The second kappa shape index (κ2) is 38.0. The summed E-state index contributed by atoms with van der Waals surface area (Å²) in [5.41, 5.74) is 8.49. The van der Waals surface area contributed by atoms with Crippen LogP contribution in [0.15, 0.2) is 0 Å². The predicted octanol–water partition coefficient (Wildman–Crippen LogP) is 21.1. The number of fused-ring (bicyclic) bond motifs is 1. The summed E-state index contributed by atoms with van der Waals surface area (Å²) in [5, 5.41) is 0. The Bertz CT molecular complexity index is 2960. The highest BCUT2D eigenvalue weighted by atomic mass is 15.4. The van der Waals surface area contributed by atoms with Crippen molar-refractivity contribution in [2.45, 2.75) is 458 Å². The van der Waals surface area contributed by atoms with Gasteiger partial charge in [0.05, 0.1) is 0 Å². The van der Waals surface area contributed by atoms with E-state index in [2.05, 4.69) is 352 Å². The van der Waals surface area contributed by atoms with Crippen LogP contribution in [0.25, 0.3) is 0 Å². The highest BCUT2D eigenvalue weighted by molar-refractivity contribution is 5.12. The summed E-state index contributed by atoms with van der Waals surface area (Å²) in [6.45, 7) is 133. The van der Waals surface area contributed by atoms with Gasteiger partial charge in [0.25, 0.3) is 0 Å². The fraction of sp³-hybridized carbons (Fsp3) is 1.00. The summed E-state index contributed by atoms with van der Waals surface area (Å²) in [4.78, 5) is 37.3. The molecule has 0 N–H and O–H groups in total. The van der Waals surface area contributed by atoms with Gasteiger partial charge in [-0.3, -0.25) is 63.7 Å². The van der Waals surface area contributed by atoms with Crippen molar-refractivity contribution in [1.29, 1.82) is 0 Å². The minimum atomic E-state index is 0.342. The fourth-order valence-corrected chi connectivity index (χ4v) is 23.3. The zero-order valence-electron chi connectivity index (χ0n) is 88.9. The molecule has 0 aromatic carbocycles. The Morgan fingerprint density at radius 3 is 0.575 bits per heavy atom. The minimum absolute atomic E-state index is 0.342. The second-order valence-corrected chi connectivity index (χ2v) is 56.8. The standard InChI is InChI=1S/2C17H34N2.C16H32N2.C15H30N2.2C14H28N2.C13H26N2/c1-15(2,3)18-11-7-17(8-12-18)9-13-19(14-10-17)16(4,5)6;1-15(2,3)18-12-9-17(10-13-18)8-7-11-19(14-17)16(4,5)6;1-14(2,3)17-10-7-16(8-11-17)9-12-18(13-16)15(4,5)6;1-13(2,3)16-9-7-8-15(10-16)11-17(12-15)14(4,5)6;1-13(2,3)15-7-11-9-16(14(4,5)6)10-12(11)8-15;1-12(2)15-8-6-14(7-9-15)10-16(11-14)13(3,4)5;1-11(2,3)14-7-13(8-14)9-15(10-13)12(4,5)6/h2*7-14H2,1-6H3;7-13H2,1-6H3;7-12H2,1-6H3;11-12H,7-10H2,1-6H3;12H,6-11H2,1-5H3;7-10H2,1-6H3. The van der Waals surface area contributed by atoms with Crippen LogP contribution in [0.3, 0.4) is 0 Å². The van der Waals surface area contributed by atoms with Crippen LogP contribution < -0.4 is 0 Å². The van der Waals surface area contributed by atoms with E-state index in [9.17, 15) is 0 Å². The molecule has 0 amide bonds. The first-order chi connectivity index (χ1) is 54.1. The van der Waals surface area contributed by atoms with Crippen LogP contribution >= 0.6 is 0 Å². The Kier molecular flexibility index (Phi) is 33.2. The smallest absolute Gasteiger partial charge is 0.0213 e. The van der Waals surface area contributed by atoms with Gasteiger partial charge in [-0.05, 0) is 499 Å². The van der Waals surface area contributed by atoms with Crippen molar-refractivity contribution in [3.8, 4) is 0 Å². The van der Waals surface area contributed by atoms with E-state index in [0.29, 0.717) is 104 Å². The molecular weight excluding hydrogens is 1470 g/mol. The van der Waals surface area contributed by atoms with Gasteiger partial charge in [0.2, 0.25) is 0 Å². The van der Waals surface area contributed by atoms with Crippen LogP contribution in [0.2, 0.25) is 0 Å². The molecule has 0 aliphatic carbocycles. The highest BCUT2D eigenvalue weighted by Crippen LogP contribution is 2.51. The van der Waals surface area contributed by atoms with E-state index in [4.69, 9.17) is 0 Å². The molecular formula is C106H212N14. The lowest BCUT2D eigenvalue weighted by molar-refractivity contribution is -0.167. The SMILES string of the molecule is CC(C)(C)N1CC2(C1)CN(C(C)(C)C)C2.CC(C)(C)N1CC2CN(C(C)(C)C)CC2C1.CC(C)(C)N1CCC2(CC1)CCN(C(C)(C)C)C2.CC(C)(C)N1CCC2(CC1)CCN(C(C)(C)C)CC2.CC(C)(C)N1CCC2(CCCN(C(C)(C)C)C2)CC1.CC(C)(C)N1CCCC2(C1)CN(C(C)(C)C)C2.CC(C)N1CCC2(CC1)CN(C(C)(C)C)C2. The van der Waals surface area contributed by atoms with Crippen molar-refractivity contribution in [2.24, 2.45) is 44.3 Å². The molecule has 0 saturated carbocycles. The summed E-state index contributed by atoms with van der Waals surface area (Å²) in [5.74, 6) is 1.83. The summed E-state index contributed by atoms with van der Waals surface area (Å²) >= 11 is 0. The van der Waals surface area contributed by atoms with Gasteiger partial charge < -0.3 is 4.90 Å². The van der Waals surface area contributed by atoms with Gasteiger partial charge in [0.15, 0.2) is 0 Å². The van der Waals surface area contributed by atoms with E-state index >= 15 is 0 Å². The van der Waals surface area contributed by atoms with E-state index in [0.717, 1.165) is 17.9 Å². The molecule has 0 atom stereocenters. The van der Waals surface area contributed by atoms with Gasteiger partial charge in [0.1, 0.15) is 0 Å². The number of likely N-dealkylation sites (tertiary alicyclic amines) is 14. The number of nitrogens with zero attached hydrogens (tertiary/aromatic N) is 14. The molecule has 14 nitrogen and oxygen atoms in total. The number of hydrogen-bond acceptors (Lipinski definition) is 14. The molecule has 0 bridgehead atoms. The number of hydrogen-bond donors (Lipinski definition) is 0. The highest BCUT2D eigenvalue weighted by Gasteiger charge is 2.57. The maximum atomic E-state index is 2.73. The maximum Gasteiger partial charge on any atom is 0.0213 e. The van der Waals surface area contributed by atoms with Crippen molar-refractivity contribution in [3.63, 3.8) is 0 Å². The lowest BCUT2D eigenvalue weighted by Crippen LogP contribution is -2.76. The molecule has 0 aromatic rings. The van der Waals surface area contributed by atoms with Gasteiger partial charge in [-0.1, -0.05) is 0 Å². The van der Waals surface area contributed by atoms with E-state index in [1.165, 1.54) is 280 Å². The summed E-state index contributed by atoms with van der Waals surface area (Å²) < 4.78 is 0. The minimum Gasteiger partial charge on any atom is -0.301 e. The van der Waals surface area contributed by atoms with Crippen molar-refractivity contribution in [1.82, 2.24) is 68.6 Å². The van der Waals surface area contributed by atoms with Crippen molar-refractivity contribution < 1.29 is 0 Å². The third-order valence-corrected chi connectivity index (χ3v) is 33.7. The first-order valence-electron chi connectivity index (χ1n) is 50.6. The number of piperidine rings is 7. The van der Waals surface area contributed by atoms with Gasteiger partial charge in [0, 0.05) is 187 Å². The Hall–Kier alpha value is -0.560. The Morgan fingerprint density at radius 2 is 0.342 bits per heavy atom. The molecule has 0 aromatic heterocycles. The lowest BCUT2D eigenvalue weighted by atomic mass is 9.69. The Morgan fingerprint density at radius 1 is 0.167 bits per heavy atom. The first-order valence-corrected chi connectivity index (χ1v) is 50.6.